The Kier molecular flexibility index (Phi) is 2.88. The molecule has 1 N–H and O–H groups in total. The number of nitrogens with zero attached hydrogens (tertiary/aromatic N) is 2. The van der Waals surface area contributed by atoms with Gasteiger partial charge in [0.2, 0.25) is 0 Å². The van der Waals surface area contributed by atoms with E-state index in [9.17, 15) is 4.79 Å². The van der Waals surface area contributed by atoms with Gasteiger partial charge in [-0.15, -0.1) is 11.3 Å². The van der Waals surface area contributed by atoms with Crippen LogP contribution in [-0.4, -0.2) is 42.4 Å². The molecule has 0 saturated carbocycles. The van der Waals surface area contributed by atoms with Crippen LogP contribution in [-0.2, 0) is 4.74 Å². The van der Waals surface area contributed by atoms with E-state index in [0.717, 1.165) is 23.1 Å². The summed E-state index contributed by atoms with van der Waals surface area (Å²) in [5.41, 5.74) is 0.166. The Bertz CT molecular complexity index is 371. The smallest absolute Gasteiger partial charge is 0.357 e. The Morgan fingerprint density at radius 1 is 1.53 bits per heavy atom. The van der Waals surface area contributed by atoms with Crippen LogP contribution in [0.1, 0.15) is 15.5 Å². The van der Waals surface area contributed by atoms with Crippen LogP contribution in [0.25, 0.3) is 0 Å². The predicted octanol–water partition coefficient (Wildman–Crippen LogP) is 0.986. The molecule has 1 aliphatic heterocycles. The predicted molar refractivity (Wildman–Crippen MR) is 56.8 cm³/mol. The van der Waals surface area contributed by atoms with E-state index in [0.29, 0.717) is 13.2 Å². The molecule has 1 aromatic heterocycles. The van der Waals surface area contributed by atoms with E-state index in [-0.39, 0.29) is 5.69 Å². The molecule has 5 nitrogen and oxygen atoms in total. The van der Waals surface area contributed by atoms with Crippen LogP contribution in [0.15, 0.2) is 0 Å². The molecule has 1 fully saturated rings. The number of anilines is 1. The zero-order chi connectivity index (χ0) is 10.8. The molecule has 82 valence electrons. The number of carboxylic acid groups (broad SMARTS) is 1. The van der Waals surface area contributed by atoms with Crippen molar-refractivity contribution >= 4 is 22.3 Å². The van der Waals surface area contributed by atoms with Crippen LogP contribution in [0.4, 0.5) is 5.00 Å². The molecule has 0 bridgehead atoms. The summed E-state index contributed by atoms with van der Waals surface area (Å²) in [4.78, 5) is 17.0. The van der Waals surface area contributed by atoms with Gasteiger partial charge in [0.15, 0.2) is 5.69 Å². The lowest BCUT2D eigenvalue weighted by atomic mass is 10.4. The maximum atomic E-state index is 11.0. The van der Waals surface area contributed by atoms with Crippen LogP contribution in [0.3, 0.4) is 0 Å². The van der Waals surface area contributed by atoms with E-state index in [1.165, 1.54) is 11.3 Å². The van der Waals surface area contributed by atoms with E-state index < -0.39 is 5.97 Å². The van der Waals surface area contributed by atoms with E-state index >= 15 is 0 Å². The monoisotopic (exact) mass is 228 g/mol. The highest BCUT2D eigenvalue weighted by atomic mass is 32.1. The van der Waals surface area contributed by atoms with Crippen molar-refractivity contribution in [3.8, 4) is 0 Å². The second kappa shape index (κ2) is 4.16. The van der Waals surface area contributed by atoms with Crippen LogP contribution in [0.5, 0.6) is 0 Å². The van der Waals surface area contributed by atoms with Gasteiger partial charge >= 0.3 is 5.97 Å². The molecule has 0 amide bonds. The van der Waals surface area contributed by atoms with E-state index in [1.807, 2.05) is 11.8 Å². The number of aromatic carboxylic acids is 1. The molecule has 0 atom stereocenters. The van der Waals surface area contributed by atoms with Crippen molar-refractivity contribution in [3.63, 3.8) is 0 Å². The molecule has 0 aromatic carbocycles. The van der Waals surface area contributed by atoms with Crippen molar-refractivity contribution in [2.24, 2.45) is 0 Å². The largest absolute Gasteiger partial charge is 0.476 e. The van der Waals surface area contributed by atoms with Crippen molar-refractivity contribution in [1.82, 2.24) is 4.98 Å². The van der Waals surface area contributed by atoms with Gasteiger partial charge in [0.25, 0.3) is 0 Å². The van der Waals surface area contributed by atoms with E-state index in [2.05, 4.69) is 4.98 Å². The Morgan fingerprint density at radius 2 is 2.20 bits per heavy atom. The quantitative estimate of drug-likeness (QED) is 0.817. The summed E-state index contributed by atoms with van der Waals surface area (Å²) < 4.78 is 5.22. The Hall–Kier alpha value is -1.14. The first kappa shape index (κ1) is 10.4. The lowest BCUT2D eigenvalue weighted by molar-refractivity contribution is 0.0690. The summed E-state index contributed by atoms with van der Waals surface area (Å²) in [6, 6.07) is 0. The number of hydrogen-bond donors (Lipinski definition) is 1. The number of carboxylic acids is 1. The van der Waals surface area contributed by atoms with Gasteiger partial charge in [0, 0.05) is 13.1 Å². The minimum absolute atomic E-state index is 0.166. The van der Waals surface area contributed by atoms with Crippen molar-refractivity contribution in [1.29, 1.82) is 0 Å². The van der Waals surface area contributed by atoms with Crippen molar-refractivity contribution in [2.75, 3.05) is 31.2 Å². The van der Waals surface area contributed by atoms with Gasteiger partial charge < -0.3 is 14.7 Å². The number of aryl methyl sites for hydroxylation is 1. The normalized spacial score (nSPS) is 16.7. The molecule has 0 radical (unpaired) electrons. The molecule has 0 unspecified atom stereocenters. The molecule has 2 heterocycles. The van der Waals surface area contributed by atoms with Crippen molar-refractivity contribution in [3.05, 3.63) is 10.7 Å². The fraction of sp³-hybridized carbons (Fsp3) is 0.556. The average molecular weight is 228 g/mol. The first-order chi connectivity index (χ1) is 7.18. The molecule has 1 aromatic rings. The highest BCUT2D eigenvalue weighted by molar-refractivity contribution is 7.16. The lowest BCUT2D eigenvalue weighted by Gasteiger charge is -2.27. The van der Waals surface area contributed by atoms with Gasteiger partial charge in [-0.2, -0.15) is 0 Å². The first-order valence-electron chi connectivity index (χ1n) is 4.72. The standard InChI is InChI=1S/C9H12N2O3S/c1-6-10-7(9(12)13)8(15-6)11-2-4-14-5-3-11/h2-5H2,1H3,(H,12,13). The number of thiazole rings is 1. The summed E-state index contributed by atoms with van der Waals surface area (Å²) in [5.74, 6) is -0.958. The van der Waals surface area contributed by atoms with Crippen LogP contribution >= 0.6 is 11.3 Å². The number of carbonyl (C=O) groups is 1. The third-order valence-corrected chi connectivity index (χ3v) is 3.25. The maximum Gasteiger partial charge on any atom is 0.357 e. The van der Waals surface area contributed by atoms with Gasteiger partial charge in [-0.3, -0.25) is 0 Å². The highest BCUT2D eigenvalue weighted by Crippen LogP contribution is 2.28. The number of morpholine rings is 1. The van der Waals surface area contributed by atoms with E-state index in [4.69, 9.17) is 9.84 Å². The van der Waals surface area contributed by atoms with Crippen LogP contribution in [0, 0.1) is 6.92 Å². The fourth-order valence-corrected chi connectivity index (χ4v) is 2.49. The summed E-state index contributed by atoms with van der Waals surface area (Å²) in [6.45, 7) is 4.59. The molecule has 2 rings (SSSR count). The summed E-state index contributed by atoms with van der Waals surface area (Å²) in [7, 11) is 0. The average Bonchev–Trinajstić information content (AvgIpc) is 2.62. The van der Waals surface area contributed by atoms with Gasteiger partial charge in [0.1, 0.15) is 5.00 Å². The molecular weight excluding hydrogens is 216 g/mol. The SMILES string of the molecule is Cc1nc(C(=O)O)c(N2CCOCC2)s1. The highest BCUT2D eigenvalue weighted by Gasteiger charge is 2.22. The second-order valence-electron chi connectivity index (χ2n) is 3.29. The molecule has 6 heteroatoms. The Labute approximate surface area is 91.3 Å². The van der Waals surface area contributed by atoms with Crippen LogP contribution in [0.2, 0.25) is 0 Å². The summed E-state index contributed by atoms with van der Waals surface area (Å²) >= 11 is 1.43. The third kappa shape index (κ3) is 2.10. The minimum atomic E-state index is -0.958. The molecule has 1 saturated heterocycles. The van der Waals surface area contributed by atoms with Crippen molar-refractivity contribution < 1.29 is 14.6 Å². The second-order valence-corrected chi connectivity index (χ2v) is 4.47. The van der Waals surface area contributed by atoms with Gasteiger partial charge in [-0.25, -0.2) is 9.78 Å². The fourth-order valence-electron chi connectivity index (χ4n) is 1.54. The zero-order valence-electron chi connectivity index (χ0n) is 8.39. The summed E-state index contributed by atoms with van der Waals surface area (Å²) in [6.07, 6.45) is 0. The van der Waals surface area contributed by atoms with E-state index in [1.54, 1.807) is 0 Å². The lowest BCUT2D eigenvalue weighted by Crippen LogP contribution is -2.36. The maximum absolute atomic E-state index is 11.0. The Morgan fingerprint density at radius 3 is 2.80 bits per heavy atom. The molecule has 1 aliphatic rings. The molecule has 15 heavy (non-hydrogen) atoms. The summed E-state index contributed by atoms with van der Waals surface area (Å²) in [5, 5.41) is 10.5. The number of rotatable bonds is 2. The molecule has 0 spiro atoms. The third-order valence-electron chi connectivity index (χ3n) is 2.22. The first-order valence-corrected chi connectivity index (χ1v) is 5.53. The topological polar surface area (TPSA) is 62.7 Å². The number of ether oxygens (including phenoxy) is 1. The number of hydrogen-bond acceptors (Lipinski definition) is 5. The van der Waals surface area contributed by atoms with Crippen molar-refractivity contribution in [2.45, 2.75) is 6.92 Å². The van der Waals surface area contributed by atoms with Gasteiger partial charge in [0.05, 0.1) is 18.2 Å². The van der Waals surface area contributed by atoms with Gasteiger partial charge in [-0.05, 0) is 6.92 Å². The molecular formula is C9H12N2O3S. The van der Waals surface area contributed by atoms with Crippen LogP contribution < -0.4 is 4.90 Å². The van der Waals surface area contributed by atoms with Gasteiger partial charge in [-0.1, -0.05) is 0 Å². The minimum Gasteiger partial charge on any atom is -0.476 e. The zero-order valence-corrected chi connectivity index (χ0v) is 9.21. The Balaban J connectivity index is 2.28. The number of aromatic nitrogens is 1. The molecule has 0 aliphatic carbocycles.